The van der Waals surface area contributed by atoms with Crippen molar-refractivity contribution in [2.75, 3.05) is 11.6 Å². The van der Waals surface area contributed by atoms with E-state index in [2.05, 4.69) is 10.3 Å². The molecule has 0 aliphatic heterocycles. The summed E-state index contributed by atoms with van der Waals surface area (Å²) in [6, 6.07) is 14.4. The van der Waals surface area contributed by atoms with Crippen LogP contribution in [0.4, 0.5) is 5.69 Å². The van der Waals surface area contributed by atoms with Crippen LogP contribution in [0, 0.1) is 6.92 Å². The fraction of sp³-hybridized carbons (Fsp3) is 0.111. The molecule has 3 aromatic rings. The third-order valence-electron chi connectivity index (χ3n) is 3.36. The second-order valence-electron chi connectivity index (χ2n) is 5.31. The summed E-state index contributed by atoms with van der Waals surface area (Å²) < 4.78 is 12.4. The standard InChI is InChI=1S/C18H16N2O2S3/c1-12-11-23-18(19-12)24-15-7-5-14(6-8-15)20-17(21)13-3-9-16(10-4-13)25(2)22/h3-11H,1-2H3,(H,20,21). The second-order valence-corrected chi connectivity index (χ2v) is 8.87. The van der Waals surface area contributed by atoms with Gasteiger partial charge in [0.25, 0.3) is 5.91 Å². The van der Waals surface area contributed by atoms with E-state index in [-0.39, 0.29) is 5.91 Å². The van der Waals surface area contributed by atoms with E-state index < -0.39 is 10.8 Å². The Morgan fingerprint density at radius 1 is 1.12 bits per heavy atom. The van der Waals surface area contributed by atoms with Crippen molar-refractivity contribution in [1.29, 1.82) is 0 Å². The third kappa shape index (κ3) is 4.78. The van der Waals surface area contributed by atoms with Crippen LogP contribution < -0.4 is 5.32 Å². The number of anilines is 1. The molecule has 3 rings (SSSR count). The lowest BCUT2D eigenvalue weighted by Crippen LogP contribution is -2.11. The maximum absolute atomic E-state index is 12.3. The number of thiazole rings is 1. The molecule has 1 atom stereocenters. The second kappa shape index (κ2) is 7.95. The lowest BCUT2D eigenvalue weighted by molar-refractivity contribution is 0.102. The van der Waals surface area contributed by atoms with Crippen molar-refractivity contribution in [3.8, 4) is 0 Å². The Bertz CT molecular complexity index is 903. The molecular formula is C18H16N2O2S3. The fourth-order valence-electron chi connectivity index (χ4n) is 2.09. The monoisotopic (exact) mass is 388 g/mol. The van der Waals surface area contributed by atoms with Gasteiger partial charge in [0.2, 0.25) is 0 Å². The first-order chi connectivity index (χ1) is 12.0. The molecular weight excluding hydrogens is 372 g/mol. The quantitative estimate of drug-likeness (QED) is 0.694. The van der Waals surface area contributed by atoms with Crippen molar-refractivity contribution < 1.29 is 9.00 Å². The highest BCUT2D eigenvalue weighted by Gasteiger charge is 2.08. The van der Waals surface area contributed by atoms with Crippen LogP contribution in [0.25, 0.3) is 0 Å². The number of carbonyl (C=O) groups is 1. The number of nitrogens with zero attached hydrogens (tertiary/aromatic N) is 1. The number of hydrogen-bond acceptors (Lipinski definition) is 5. The van der Waals surface area contributed by atoms with Crippen LogP contribution in [0.1, 0.15) is 16.1 Å². The van der Waals surface area contributed by atoms with Crippen molar-refractivity contribution >= 4 is 45.5 Å². The van der Waals surface area contributed by atoms with E-state index in [1.54, 1.807) is 53.6 Å². The minimum atomic E-state index is -1.04. The van der Waals surface area contributed by atoms with Crippen LogP contribution in [0.5, 0.6) is 0 Å². The minimum Gasteiger partial charge on any atom is -0.322 e. The maximum Gasteiger partial charge on any atom is 0.255 e. The predicted octanol–water partition coefficient (Wildman–Crippen LogP) is 4.59. The normalized spacial score (nSPS) is 11.9. The molecule has 1 amide bonds. The molecule has 0 aliphatic carbocycles. The minimum absolute atomic E-state index is 0.190. The Labute approximate surface area is 157 Å². The molecule has 0 bridgehead atoms. The zero-order valence-corrected chi connectivity index (χ0v) is 16.1. The summed E-state index contributed by atoms with van der Waals surface area (Å²) >= 11 is 3.22. The molecule has 1 aromatic heterocycles. The summed E-state index contributed by atoms with van der Waals surface area (Å²) in [5.74, 6) is -0.190. The number of benzene rings is 2. The first kappa shape index (κ1) is 17.8. The highest BCUT2D eigenvalue weighted by atomic mass is 32.2. The van der Waals surface area contributed by atoms with Crippen LogP contribution in [-0.4, -0.2) is 21.4 Å². The van der Waals surface area contributed by atoms with E-state index >= 15 is 0 Å². The molecule has 1 N–H and O–H groups in total. The molecule has 128 valence electrons. The van der Waals surface area contributed by atoms with Crippen LogP contribution in [-0.2, 0) is 10.8 Å². The summed E-state index contributed by atoms with van der Waals surface area (Å²) in [6.07, 6.45) is 1.61. The van der Waals surface area contributed by atoms with Gasteiger partial charge in [-0.2, -0.15) is 0 Å². The molecule has 2 aromatic carbocycles. The van der Waals surface area contributed by atoms with Crippen LogP contribution in [0.3, 0.4) is 0 Å². The van der Waals surface area contributed by atoms with E-state index in [9.17, 15) is 9.00 Å². The van der Waals surface area contributed by atoms with Gasteiger partial charge in [0.1, 0.15) is 0 Å². The lowest BCUT2D eigenvalue weighted by atomic mass is 10.2. The number of carbonyl (C=O) groups excluding carboxylic acids is 1. The topological polar surface area (TPSA) is 59.1 Å². The molecule has 7 heteroatoms. The molecule has 0 saturated heterocycles. The largest absolute Gasteiger partial charge is 0.322 e. The van der Waals surface area contributed by atoms with E-state index in [0.29, 0.717) is 10.5 Å². The summed E-state index contributed by atoms with van der Waals surface area (Å²) in [5, 5.41) is 4.89. The number of amides is 1. The first-order valence-corrected chi connectivity index (χ1v) is 10.7. The highest BCUT2D eigenvalue weighted by molar-refractivity contribution is 8.01. The van der Waals surface area contributed by atoms with Gasteiger partial charge < -0.3 is 5.32 Å². The average molecular weight is 389 g/mol. The zero-order chi connectivity index (χ0) is 17.8. The number of aryl methyl sites for hydroxylation is 1. The maximum atomic E-state index is 12.3. The Hall–Kier alpha value is -1.96. The Morgan fingerprint density at radius 3 is 2.36 bits per heavy atom. The van der Waals surface area contributed by atoms with E-state index in [4.69, 9.17) is 0 Å². The van der Waals surface area contributed by atoms with Gasteiger partial charge in [-0.25, -0.2) is 4.98 Å². The third-order valence-corrected chi connectivity index (χ3v) is 6.36. The van der Waals surface area contributed by atoms with Crippen LogP contribution in [0.2, 0.25) is 0 Å². The summed E-state index contributed by atoms with van der Waals surface area (Å²) in [5.41, 5.74) is 2.29. The molecule has 0 aliphatic rings. The molecule has 0 spiro atoms. The lowest BCUT2D eigenvalue weighted by Gasteiger charge is -2.06. The van der Waals surface area contributed by atoms with E-state index in [1.165, 1.54) is 0 Å². The summed E-state index contributed by atoms with van der Waals surface area (Å²) in [4.78, 5) is 18.5. The van der Waals surface area contributed by atoms with E-state index in [1.807, 2.05) is 36.6 Å². The molecule has 4 nitrogen and oxygen atoms in total. The number of rotatable bonds is 5. The molecule has 0 fully saturated rings. The molecule has 25 heavy (non-hydrogen) atoms. The van der Waals surface area contributed by atoms with Gasteiger partial charge in [-0.1, -0.05) is 11.8 Å². The summed E-state index contributed by atoms with van der Waals surface area (Å²) in [7, 11) is -1.04. The molecule has 1 heterocycles. The average Bonchev–Trinajstić information content (AvgIpc) is 3.01. The van der Waals surface area contributed by atoms with Crippen molar-refractivity contribution in [2.45, 2.75) is 21.1 Å². The predicted molar refractivity (Wildman–Crippen MR) is 104 cm³/mol. The Kier molecular flexibility index (Phi) is 5.67. The van der Waals surface area contributed by atoms with Crippen LogP contribution >= 0.6 is 23.1 Å². The number of nitrogens with one attached hydrogen (secondary N) is 1. The van der Waals surface area contributed by atoms with E-state index in [0.717, 1.165) is 20.6 Å². The molecule has 0 saturated carbocycles. The number of aromatic nitrogens is 1. The van der Waals surface area contributed by atoms with Gasteiger partial charge in [0, 0.05) is 49.2 Å². The fourth-order valence-corrected chi connectivity index (χ4v) is 4.42. The Balaban J connectivity index is 1.64. The van der Waals surface area contributed by atoms with Gasteiger partial charge >= 0.3 is 0 Å². The van der Waals surface area contributed by atoms with Crippen LogP contribution in [0.15, 0.2) is 68.0 Å². The first-order valence-electron chi connectivity index (χ1n) is 7.46. The van der Waals surface area contributed by atoms with Crippen molar-refractivity contribution in [3.05, 3.63) is 65.2 Å². The van der Waals surface area contributed by atoms with Crippen molar-refractivity contribution in [3.63, 3.8) is 0 Å². The van der Waals surface area contributed by atoms with Gasteiger partial charge in [-0.05, 0) is 55.5 Å². The number of hydrogen-bond donors (Lipinski definition) is 1. The smallest absolute Gasteiger partial charge is 0.255 e. The van der Waals surface area contributed by atoms with Gasteiger partial charge in [0.15, 0.2) is 4.34 Å². The van der Waals surface area contributed by atoms with Gasteiger partial charge in [-0.3, -0.25) is 9.00 Å². The summed E-state index contributed by atoms with van der Waals surface area (Å²) in [6.45, 7) is 1.98. The van der Waals surface area contributed by atoms with Gasteiger partial charge in [0.05, 0.1) is 0 Å². The molecule has 0 radical (unpaired) electrons. The van der Waals surface area contributed by atoms with Gasteiger partial charge in [-0.15, -0.1) is 11.3 Å². The highest BCUT2D eigenvalue weighted by Crippen LogP contribution is 2.30. The van der Waals surface area contributed by atoms with Crippen molar-refractivity contribution in [1.82, 2.24) is 4.98 Å². The SMILES string of the molecule is Cc1csc(Sc2ccc(NC(=O)c3ccc(S(C)=O)cc3)cc2)n1. The zero-order valence-electron chi connectivity index (χ0n) is 13.7. The van der Waals surface area contributed by atoms with Crippen molar-refractivity contribution in [2.24, 2.45) is 0 Å². The Morgan fingerprint density at radius 2 is 1.80 bits per heavy atom. The molecule has 1 unspecified atom stereocenters.